The molecule has 1 aromatic carbocycles. The van der Waals surface area contributed by atoms with Crippen LogP contribution in [0.2, 0.25) is 0 Å². The van der Waals surface area contributed by atoms with E-state index in [1.54, 1.807) is 0 Å². The van der Waals surface area contributed by atoms with Crippen LogP contribution in [0.1, 0.15) is 22.3 Å². The zero-order valence-electron chi connectivity index (χ0n) is 7.19. The molecule has 0 spiro atoms. The molecule has 0 N–H and O–H groups in total. The maximum atomic E-state index is 8.79. The Labute approximate surface area is 77.6 Å². The van der Waals surface area contributed by atoms with Crippen LogP contribution in [0.3, 0.4) is 0 Å². The van der Waals surface area contributed by atoms with Gasteiger partial charge in [-0.2, -0.15) is 5.26 Å². The van der Waals surface area contributed by atoms with Crippen molar-refractivity contribution in [3.63, 3.8) is 0 Å². The molecule has 1 rings (SSSR count). The highest BCUT2D eigenvalue weighted by Crippen LogP contribution is 2.17. The van der Waals surface area contributed by atoms with Crippen LogP contribution in [-0.4, -0.2) is 0 Å². The van der Waals surface area contributed by atoms with Gasteiger partial charge in [0.05, 0.1) is 11.6 Å². The molecule has 0 saturated heterocycles. The summed E-state index contributed by atoms with van der Waals surface area (Å²) < 4.78 is 0. The lowest BCUT2D eigenvalue weighted by molar-refractivity contribution is 1.24. The standard InChI is InChI=1S/C10H10ClN/c1-7-3-8(2)10(5-11)9(4-7)6-12/h3-4H,5H2,1-2H3. The summed E-state index contributed by atoms with van der Waals surface area (Å²) in [6.45, 7) is 3.96. The van der Waals surface area contributed by atoms with E-state index in [4.69, 9.17) is 16.9 Å². The summed E-state index contributed by atoms with van der Waals surface area (Å²) in [4.78, 5) is 0. The third-order valence-electron chi connectivity index (χ3n) is 1.87. The van der Waals surface area contributed by atoms with E-state index in [1.165, 1.54) is 0 Å². The van der Waals surface area contributed by atoms with Gasteiger partial charge in [0.2, 0.25) is 0 Å². The van der Waals surface area contributed by atoms with Crippen LogP contribution in [-0.2, 0) is 5.88 Å². The largest absolute Gasteiger partial charge is 0.192 e. The number of hydrogen-bond donors (Lipinski definition) is 0. The van der Waals surface area contributed by atoms with Crippen LogP contribution < -0.4 is 0 Å². The number of rotatable bonds is 1. The molecule has 0 aromatic heterocycles. The smallest absolute Gasteiger partial charge is 0.0995 e. The third-order valence-corrected chi connectivity index (χ3v) is 2.14. The minimum atomic E-state index is 0.412. The van der Waals surface area contributed by atoms with Gasteiger partial charge in [-0.05, 0) is 36.6 Å². The Kier molecular flexibility index (Phi) is 2.73. The molecule has 1 aromatic rings. The van der Waals surface area contributed by atoms with Crippen molar-refractivity contribution in [2.75, 3.05) is 0 Å². The molecule has 0 saturated carbocycles. The molecule has 0 unspecified atom stereocenters. The second kappa shape index (κ2) is 3.60. The lowest BCUT2D eigenvalue weighted by Gasteiger charge is -2.05. The zero-order valence-corrected chi connectivity index (χ0v) is 7.94. The van der Waals surface area contributed by atoms with Gasteiger partial charge in [-0.1, -0.05) is 6.07 Å². The van der Waals surface area contributed by atoms with Gasteiger partial charge >= 0.3 is 0 Å². The van der Waals surface area contributed by atoms with Gasteiger partial charge in [0, 0.05) is 5.88 Å². The molecule has 0 heterocycles. The fourth-order valence-corrected chi connectivity index (χ4v) is 1.63. The quantitative estimate of drug-likeness (QED) is 0.609. The second-order valence-corrected chi connectivity index (χ2v) is 3.12. The minimum absolute atomic E-state index is 0.412. The van der Waals surface area contributed by atoms with Crippen molar-refractivity contribution in [1.29, 1.82) is 5.26 Å². The van der Waals surface area contributed by atoms with E-state index >= 15 is 0 Å². The van der Waals surface area contributed by atoms with Crippen LogP contribution >= 0.6 is 11.6 Å². The highest BCUT2D eigenvalue weighted by atomic mass is 35.5. The first-order chi connectivity index (χ1) is 5.69. The van der Waals surface area contributed by atoms with Gasteiger partial charge in [0.25, 0.3) is 0 Å². The highest BCUT2D eigenvalue weighted by Gasteiger charge is 2.04. The Morgan fingerprint density at radius 2 is 2.08 bits per heavy atom. The van der Waals surface area contributed by atoms with Crippen LogP contribution in [0.15, 0.2) is 12.1 Å². The lowest BCUT2D eigenvalue weighted by Crippen LogP contribution is -1.92. The maximum Gasteiger partial charge on any atom is 0.0995 e. The summed E-state index contributed by atoms with van der Waals surface area (Å²) in [5, 5.41) is 8.79. The van der Waals surface area contributed by atoms with Crippen molar-refractivity contribution in [3.05, 3.63) is 34.4 Å². The number of aryl methyl sites for hydroxylation is 2. The molecule has 0 atom stereocenters. The van der Waals surface area contributed by atoms with Crippen molar-refractivity contribution in [2.45, 2.75) is 19.7 Å². The van der Waals surface area contributed by atoms with Crippen molar-refractivity contribution in [1.82, 2.24) is 0 Å². The van der Waals surface area contributed by atoms with Gasteiger partial charge in [-0.3, -0.25) is 0 Å². The molecule has 2 heteroatoms. The monoisotopic (exact) mass is 179 g/mol. The molecule has 1 nitrogen and oxygen atoms in total. The van der Waals surface area contributed by atoms with E-state index in [9.17, 15) is 0 Å². The SMILES string of the molecule is Cc1cc(C)c(CCl)c(C#N)c1. The van der Waals surface area contributed by atoms with Gasteiger partial charge in [0.1, 0.15) is 0 Å². The zero-order chi connectivity index (χ0) is 9.14. The summed E-state index contributed by atoms with van der Waals surface area (Å²) in [5.41, 5.74) is 3.85. The summed E-state index contributed by atoms with van der Waals surface area (Å²) in [6.07, 6.45) is 0. The fourth-order valence-electron chi connectivity index (χ4n) is 1.27. The topological polar surface area (TPSA) is 23.8 Å². The number of hydrogen-bond acceptors (Lipinski definition) is 1. The predicted octanol–water partition coefficient (Wildman–Crippen LogP) is 2.91. The summed E-state index contributed by atoms with van der Waals surface area (Å²) in [6, 6.07) is 6.05. The molecule has 0 aliphatic rings. The molecule has 0 amide bonds. The fraction of sp³-hybridized carbons (Fsp3) is 0.300. The first kappa shape index (κ1) is 9.09. The van der Waals surface area contributed by atoms with Crippen molar-refractivity contribution >= 4 is 11.6 Å². The summed E-state index contributed by atoms with van der Waals surface area (Å²) in [7, 11) is 0. The molecule has 0 bridgehead atoms. The van der Waals surface area contributed by atoms with E-state index < -0.39 is 0 Å². The number of nitriles is 1. The lowest BCUT2D eigenvalue weighted by atomic mass is 10.0. The average Bonchev–Trinajstić information content (AvgIpc) is 2.03. The molecule has 0 radical (unpaired) electrons. The normalized spacial score (nSPS) is 9.50. The highest BCUT2D eigenvalue weighted by molar-refractivity contribution is 6.17. The molecule has 62 valence electrons. The number of benzene rings is 1. The molecular weight excluding hydrogens is 170 g/mol. The van der Waals surface area contributed by atoms with Gasteiger partial charge < -0.3 is 0 Å². The van der Waals surface area contributed by atoms with E-state index in [-0.39, 0.29) is 0 Å². The Morgan fingerprint density at radius 1 is 1.42 bits per heavy atom. The Balaban J connectivity index is 3.36. The molecule has 0 fully saturated rings. The van der Waals surface area contributed by atoms with Gasteiger partial charge in [-0.15, -0.1) is 11.6 Å². The number of alkyl halides is 1. The first-order valence-corrected chi connectivity index (χ1v) is 4.28. The van der Waals surface area contributed by atoms with Crippen molar-refractivity contribution in [3.8, 4) is 6.07 Å². The van der Waals surface area contributed by atoms with Gasteiger partial charge in [-0.25, -0.2) is 0 Å². The Morgan fingerprint density at radius 3 is 2.58 bits per heavy atom. The van der Waals surface area contributed by atoms with Crippen LogP contribution in [0.5, 0.6) is 0 Å². The Hall–Kier alpha value is -1.00. The van der Waals surface area contributed by atoms with Crippen molar-refractivity contribution in [2.24, 2.45) is 0 Å². The molecule has 0 aliphatic heterocycles. The molecular formula is C10H10ClN. The molecule has 0 aliphatic carbocycles. The van der Waals surface area contributed by atoms with E-state index in [0.717, 1.165) is 16.7 Å². The summed E-state index contributed by atoms with van der Waals surface area (Å²) >= 11 is 5.72. The first-order valence-electron chi connectivity index (χ1n) is 3.75. The maximum absolute atomic E-state index is 8.79. The van der Waals surface area contributed by atoms with E-state index in [2.05, 4.69) is 6.07 Å². The second-order valence-electron chi connectivity index (χ2n) is 2.85. The minimum Gasteiger partial charge on any atom is -0.192 e. The van der Waals surface area contributed by atoms with Gasteiger partial charge in [0.15, 0.2) is 0 Å². The van der Waals surface area contributed by atoms with E-state index in [1.807, 2.05) is 26.0 Å². The average molecular weight is 180 g/mol. The summed E-state index contributed by atoms with van der Waals surface area (Å²) in [5.74, 6) is 0.412. The van der Waals surface area contributed by atoms with Crippen LogP contribution in [0.4, 0.5) is 0 Å². The number of halogens is 1. The van der Waals surface area contributed by atoms with Crippen LogP contribution in [0.25, 0.3) is 0 Å². The molecule has 12 heavy (non-hydrogen) atoms. The predicted molar refractivity (Wildman–Crippen MR) is 50.2 cm³/mol. The Bertz CT molecular complexity index is 336. The van der Waals surface area contributed by atoms with E-state index in [0.29, 0.717) is 11.4 Å². The van der Waals surface area contributed by atoms with Crippen molar-refractivity contribution < 1.29 is 0 Å². The third kappa shape index (κ3) is 1.60. The number of nitrogens with zero attached hydrogens (tertiary/aromatic N) is 1. The van der Waals surface area contributed by atoms with Crippen LogP contribution in [0, 0.1) is 25.2 Å².